The van der Waals surface area contributed by atoms with Crippen molar-refractivity contribution in [1.29, 1.82) is 0 Å². The second-order valence-corrected chi connectivity index (χ2v) is 5.21. The van der Waals surface area contributed by atoms with Crippen LogP contribution in [0.4, 0.5) is 0 Å². The Morgan fingerprint density at radius 1 is 1.24 bits per heavy atom. The van der Waals surface area contributed by atoms with Crippen LogP contribution in [0.1, 0.15) is 23.2 Å². The van der Waals surface area contributed by atoms with Crippen LogP contribution in [-0.2, 0) is 0 Å². The SMILES string of the molecule is O=C(NCC1=CCNCC1)c1ccc2c(c1)OCCCO2. The maximum atomic E-state index is 12.2. The number of carbonyl (C=O) groups excluding carboxylic acids is 1. The van der Waals surface area contributed by atoms with Gasteiger partial charge in [-0.2, -0.15) is 0 Å². The third-order valence-electron chi connectivity index (χ3n) is 3.64. The summed E-state index contributed by atoms with van der Waals surface area (Å²) in [6, 6.07) is 5.34. The highest BCUT2D eigenvalue weighted by atomic mass is 16.5. The van der Waals surface area contributed by atoms with E-state index in [2.05, 4.69) is 16.7 Å². The molecule has 2 N–H and O–H groups in total. The molecular weight excluding hydrogens is 268 g/mol. The van der Waals surface area contributed by atoms with E-state index < -0.39 is 0 Å². The fraction of sp³-hybridized carbons (Fsp3) is 0.438. The van der Waals surface area contributed by atoms with Gasteiger partial charge in [-0.1, -0.05) is 11.6 Å². The highest BCUT2D eigenvalue weighted by Crippen LogP contribution is 2.30. The molecule has 0 fully saturated rings. The number of rotatable bonds is 3. The molecule has 1 amide bonds. The lowest BCUT2D eigenvalue weighted by Crippen LogP contribution is -2.29. The van der Waals surface area contributed by atoms with Gasteiger partial charge in [0.05, 0.1) is 13.2 Å². The minimum Gasteiger partial charge on any atom is -0.490 e. The number of hydrogen-bond donors (Lipinski definition) is 2. The number of carbonyl (C=O) groups is 1. The maximum Gasteiger partial charge on any atom is 0.251 e. The molecule has 0 spiro atoms. The molecule has 0 atom stereocenters. The van der Waals surface area contributed by atoms with E-state index >= 15 is 0 Å². The van der Waals surface area contributed by atoms with Crippen molar-refractivity contribution >= 4 is 5.91 Å². The maximum absolute atomic E-state index is 12.2. The van der Waals surface area contributed by atoms with Crippen LogP contribution < -0.4 is 20.1 Å². The van der Waals surface area contributed by atoms with Gasteiger partial charge >= 0.3 is 0 Å². The molecule has 2 aliphatic rings. The van der Waals surface area contributed by atoms with Gasteiger partial charge in [0.15, 0.2) is 11.5 Å². The first-order valence-corrected chi connectivity index (χ1v) is 7.39. The predicted octanol–water partition coefficient (Wildman–Crippen LogP) is 1.50. The quantitative estimate of drug-likeness (QED) is 0.828. The van der Waals surface area contributed by atoms with Crippen LogP contribution in [0.3, 0.4) is 0 Å². The number of fused-ring (bicyclic) bond motifs is 1. The van der Waals surface area contributed by atoms with Crippen molar-refractivity contribution in [2.24, 2.45) is 0 Å². The zero-order chi connectivity index (χ0) is 14.5. The topological polar surface area (TPSA) is 59.6 Å². The van der Waals surface area contributed by atoms with Gasteiger partial charge in [0, 0.05) is 25.1 Å². The Kier molecular flexibility index (Phi) is 4.40. The Morgan fingerprint density at radius 3 is 2.90 bits per heavy atom. The van der Waals surface area contributed by atoms with Crippen molar-refractivity contribution in [2.75, 3.05) is 32.8 Å². The summed E-state index contributed by atoms with van der Waals surface area (Å²) in [6.07, 6.45) is 3.98. The molecule has 0 saturated carbocycles. The van der Waals surface area contributed by atoms with E-state index in [1.165, 1.54) is 5.57 Å². The van der Waals surface area contributed by atoms with Crippen LogP contribution in [0.25, 0.3) is 0 Å². The van der Waals surface area contributed by atoms with Gasteiger partial charge < -0.3 is 20.1 Å². The molecule has 0 radical (unpaired) electrons. The molecule has 5 nitrogen and oxygen atoms in total. The fourth-order valence-corrected chi connectivity index (χ4v) is 2.43. The zero-order valence-electron chi connectivity index (χ0n) is 12.0. The molecule has 0 aromatic heterocycles. The van der Waals surface area contributed by atoms with E-state index in [-0.39, 0.29) is 5.91 Å². The molecule has 112 valence electrons. The normalized spacial score (nSPS) is 17.6. The number of hydrogen-bond acceptors (Lipinski definition) is 4. The van der Waals surface area contributed by atoms with Crippen molar-refractivity contribution in [3.8, 4) is 11.5 Å². The van der Waals surface area contributed by atoms with Crippen molar-refractivity contribution in [3.63, 3.8) is 0 Å². The van der Waals surface area contributed by atoms with Gasteiger partial charge in [-0.05, 0) is 31.2 Å². The van der Waals surface area contributed by atoms with E-state index in [0.717, 1.165) is 25.9 Å². The molecule has 0 unspecified atom stereocenters. The number of amides is 1. The first kappa shape index (κ1) is 13.9. The second kappa shape index (κ2) is 6.63. The zero-order valence-corrected chi connectivity index (χ0v) is 12.0. The van der Waals surface area contributed by atoms with E-state index in [9.17, 15) is 4.79 Å². The highest BCUT2D eigenvalue weighted by molar-refractivity contribution is 5.95. The van der Waals surface area contributed by atoms with E-state index in [4.69, 9.17) is 9.47 Å². The standard InChI is InChI=1S/C16H20N2O3/c19-16(18-11-12-4-6-17-7-5-12)13-2-3-14-15(10-13)21-9-1-8-20-14/h2-4,10,17H,1,5-9,11H2,(H,18,19). The van der Waals surface area contributed by atoms with Crippen LogP contribution in [0.2, 0.25) is 0 Å². The van der Waals surface area contributed by atoms with E-state index in [1.807, 2.05) is 0 Å². The van der Waals surface area contributed by atoms with Crippen LogP contribution in [0.5, 0.6) is 11.5 Å². The third kappa shape index (κ3) is 3.55. The number of ether oxygens (including phenoxy) is 2. The van der Waals surface area contributed by atoms with E-state index in [1.54, 1.807) is 18.2 Å². The summed E-state index contributed by atoms with van der Waals surface area (Å²) >= 11 is 0. The summed E-state index contributed by atoms with van der Waals surface area (Å²) in [7, 11) is 0. The Balaban J connectivity index is 1.64. The van der Waals surface area contributed by atoms with Crippen LogP contribution in [0.15, 0.2) is 29.8 Å². The first-order chi connectivity index (χ1) is 10.3. The van der Waals surface area contributed by atoms with Crippen molar-refractivity contribution < 1.29 is 14.3 Å². The lowest BCUT2D eigenvalue weighted by atomic mass is 10.1. The van der Waals surface area contributed by atoms with Gasteiger partial charge in [-0.15, -0.1) is 0 Å². The molecule has 5 heteroatoms. The van der Waals surface area contributed by atoms with E-state index in [0.29, 0.717) is 36.8 Å². The van der Waals surface area contributed by atoms with Gasteiger partial charge in [0.2, 0.25) is 0 Å². The molecule has 0 bridgehead atoms. The largest absolute Gasteiger partial charge is 0.490 e. The molecule has 3 rings (SSSR count). The molecule has 0 saturated heterocycles. The van der Waals surface area contributed by atoms with Gasteiger partial charge in [0.1, 0.15) is 0 Å². The fourth-order valence-electron chi connectivity index (χ4n) is 2.43. The first-order valence-electron chi connectivity index (χ1n) is 7.39. The van der Waals surface area contributed by atoms with Crippen LogP contribution >= 0.6 is 0 Å². The third-order valence-corrected chi connectivity index (χ3v) is 3.64. The number of benzene rings is 1. The average molecular weight is 288 g/mol. The summed E-state index contributed by atoms with van der Waals surface area (Å²) in [4.78, 5) is 12.2. The van der Waals surface area contributed by atoms with Crippen LogP contribution in [0, 0.1) is 0 Å². The van der Waals surface area contributed by atoms with Gasteiger partial charge in [0.25, 0.3) is 5.91 Å². The molecule has 1 aromatic carbocycles. The van der Waals surface area contributed by atoms with Gasteiger partial charge in [-0.25, -0.2) is 0 Å². The smallest absolute Gasteiger partial charge is 0.251 e. The van der Waals surface area contributed by atoms with Crippen LogP contribution in [-0.4, -0.2) is 38.8 Å². The molecule has 0 aliphatic carbocycles. The van der Waals surface area contributed by atoms with Crippen molar-refractivity contribution in [3.05, 3.63) is 35.4 Å². The molecule has 1 aromatic rings. The Morgan fingerprint density at radius 2 is 2.10 bits per heavy atom. The Hall–Kier alpha value is -2.01. The summed E-state index contributed by atoms with van der Waals surface area (Å²) < 4.78 is 11.2. The molecule has 2 aliphatic heterocycles. The Labute approximate surface area is 124 Å². The molecular formula is C16H20N2O3. The summed E-state index contributed by atoms with van der Waals surface area (Å²) in [5, 5.41) is 6.21. The predicted molar refractivity (Wildman–Crippen MR) is 80.0 cm³/mol. The number of nitrogens with one attached hydrogen (secondary N) is 2. The molecule has 21 heavy (non-hydrogen) atoms. The highest BCUT2D eigenvalue weighted by Gasteiger charge is 2.14. The lowest BCUT2D eigenvalue weighted by Gasteiger charge is -2.15. The average Bonchev–Trinajstić information content (AvgIpc) is 2.78. The molecule has 2 heterocycles. The van der Waals surface area contributed by atoms with Gasteiger partial charge in [-0.3, -0.25) is 4.79 Å². The minimum atomic E-state index is -0.0786. The monoisotopic (exact) mass is 288 g/mol. The van der Waals surface area contributed by atoms with Crippen molar-refractivity contribution in [1.82, 2.24) is 10.6 Å². The minimum absolute atomic E-state index is 0.0786. The summed E-state index contributed by atoms with van der Waals surface area (Å²) in [5.74, 6) is 1.29. The van der Waals surface area contributed by atoms with Crippen molar-refractivity contribution in [2.45, 2.75) is 12.8 Å². The summed E-state index contributed by atoms with van der Waals surface area (Å²) in [5.41, 5.74) is 1.88. The Bertz CT molecular complexity index is 554. The summed E-state index contributed by atoms with van der Waals surface area (Å²) in [6.45, 7) is 3.74. The lowest BCUT2D eigenvalue weighted by molar-refractivity contribution is 0.0956. The second-order valence-electron chi connectivity index (χ2n) is 5.21.